The number of nitrogens with one attached hydrogen (secondary N) is 1. The molecule has 1 saturated heterocycles. The van der Waals surface area contributed by atoms with E-state index in [0.717, 1.165) is 12.8 Å². The van der Waals surface area contributed by atoms with E-state index in [-0.39, 0.29) is 0 Å². The Balaban J connectivity index is 0.992. The van der Waals surface area contributed by atoms with Gasteiger partial charge in [-0.05, 0) is 158 Å². The van der Waals surface area contributed by atoms with Crippen molar-refractivity contribution in [2.75, 3.05) is 10.2 Å². The molecule has 0 bridgehead atoms. The molecular formula is C54H58N2. The second-order valence-electron chi connectivity index (χ2n) is 17.6. The third-order valence-corrected chi connectivity index (χ3v) is 14.2. The Morgan fingerprint density at radius 3 is 2.41 bits per heavy atom. The molecule has 0 aromatic heterocycles. The van der Waals surface area contributed by atoms with Crippen LogP contribution in [0.15, 0.2) is 156 Å². The van der Waals surface area contributed by atoms with Crippen LogP contribution >= 0.6 is 0 Å². The maximum absolute atomic E-state index is 4.09. The minimum Gasteiger partial charge on any atom is -0.361 e. The second-order valence-corrected chi connectivity index (χ2v) is 17.6. The van der Waals surface area contributed by atoms with Gasteiger partial charge in [0.1, 0.15) is 0 Å². The molecule has 0 spiro atoms. The lowest BCUT2D eigenvalue weighted by atomic mass is 9.75. The zero-order valence-electron chi connectivity index (χ0n) is 33.1. The number of allylic oxidation sites excluding steroid dienone is 13. The maximum Gasteiger partial charge on any atom is 0.0546 e. The molecule has 1 N–H and O–H groups in total. The minimum absolute atomic E-state index is 0.399. The van der Waals surface area contributed by atoms with Crippen molar-refractivity contribution in [1.29, 1.82) is 0 Å². The van der Waals surface area contributed by atoms with Gasteiger partial charge >= 0.3 is 0 Å². The Kier molecular flexibility index (Phi) is 10.1. The molecule has 2 nitrogen and oxygen atoms in total. The fraction of sp³-hybridized carbons (Fsp3) is 0.370. The van der Waals surface area contributed by atoms with E-state index in [1.165, 1.54) is 128 Å². The quantitative estimate of drug-likeness (QED) is 0.232. The molecule has 6 unspecified atom stereocenters. The number of benzene rings is 3. The lowest BCUT2D eigenvalue weighted by Crippen LogP contribution is -2.38. The van der Waals surface area contributed by atoms with Crippen LogP contribution in [-0.2, 0) is 0 Å². The topological polar surface area (TPSA) is 15.3 Å². The number of fused-ring (bicyclic) bond motifs is 3. The third kappa shape index (κ3) is 7.17. The second kappa shape index (κ2) is 16.0. The maximum atomic E-state index is 4.09. The van der Waals surface area contributed by atoms with Gasteiger partial charge in [-0.15, -0.1) is 0 Å². The molecule has 284 valence electrons. The first-order valence-electron chi connectivity index (χ1n) is 22.1. The fourth-order valence-corrected chi connectivity index (χ4v) is 11.4. The Morgan fingerprint density at radius 1 is 0.643 bits per heavy atom. The van der Waals surface area contributed by atoms with Crippen molar-refractivity contribution in [1.82, 2.24) is 0 Å². The van der Waals surface area contributed by atoms with Crippen LogP contribution in [0.5, 0.6) is 0 Å². The van der Waals surface area contributed by atoms with E-state index in [0.29, 0.717) is 35.8 Å². The van der Waals surface area contributed by atoms with Crippen molar-refractivity contribution >= 4 is 22.5 Å². The van der Waals surface area contributed by atoms with E-state index < -0.39 is 0 Å². The monoisotopic (exact) mass is 734 g/mol. The summed E-state index contributed by atoms with van der Waals surface area (Å²) < 4.78 is 0. The molecule has 1 heterocycles. The molecule has 7 aliphatic rings. The van der Waals surface area contributed by atoms with Crippen LogP contribution in [0.3, 0.4) is 0 Å². The zero-order chi connectivity index (χ0) is 37.3. The lowest BCUT2D eigenvalue weighted by Gasteiger charge is -2.35. The molecule has 2 heteroatoms. The van der Waals surface area contributed by atoms with Gasteiger partial charge in [0.05, 0.1) is 6.04 Å². The Bertz CT molecular complexity index is 2190. The number of hydrogen-bond acceptors (Lipinski definition) is 2. The number of hydrogen-bond donors (Lipinski definition) is 1. The van der Waals surface area contributed by atoms with Crippen molar-refractivity contribution in [2.45, 2.75) is 102 Å². The molecule has 1 aliphatic heterocycles. The lowest BCUT2D eigenvalue weighted by molar-refractivity contribution is 0.306. The van der Waals surface area contributed by atoms with Crippen LogP contribution in [0.2, 0.25) is 0 Å². The van der Waals surface area contributed by atoms with Crippen LogP contribution < -0.4 is 10.2 Å². The first-order chi connectivity index (χ1) is 27.7. The molecule has 6 aliphatic carbocycles. The van der Waals surface area contributed by atoms with Crippen LogP contribution in [0, 0.1) is 23.7 Å². The van der Waals surface area contributed by atoms with E-state index in [9.17, 15) is 0 Å². The highest BCUT2D eigenvalue weighted by Crippen LogP contribution is 2.50. The number of anilines is 2. The average molecular weight is 735 g/mol. The van der Waals surface area contributed by atoms with E-state index in [4.69, 9.17) is 0 Å². The molecule has 2 fully saturated rings. The summed E-state index contributed by atoms with van der Waals surface area (Å²) >= 11 is 0. The number of rotatable bonds is 8. The van der Waals surface area contributed by atoms with E-state index >= 15 is 0 Å². The predicted molar refractivity (Wildman–Crippen MR) is 238 cm³/mol. The normalized spacial score (nSPS) is 28.4. The first kappa shape index (κ1) is 35.6. The Hall–Kier alpha value is -4.82. The predicted octanol–water partition coefficient (Wildman–Crippen LogP) is 14.2. The molecule has 0 amide bonds. The Labute approximate surface area is 335 Å². The smallest absolute Gasteiger partial charge is 0.0546 e. The van der Waals surface area contributed by atoms with E-state index in [1.807, 2.05) is 0 Å². The van der Waals surface area contributed by atoms with Crippen molar-refractivity contribution in [3.63, 3.8) is 0 Å². The highest BCUT2D eigenvalue weighted by molar-refractivity contribution is 5.86. The summed E-state index contributed by atoms with van der Waals surface area (Å²) in [7, 11) is 0. The standard InChI is InChI=1S/C54H58N2/c1-5-16-38(17-6-1)42-24-15-25-48(35-42)56-53-27-14-13-26-50(53)51-36-43(29-31-54(51)56)44-28-30-49(41-22-11-4-12-23-41)52(37-44)55-47-33-45(39-18-7-2-8-19-39)32-46(34-47)40-20-9-3-10-21-40/h2,4-5,7,11-12,15-17,20,22-25,28-31,33-37,39,45,50-51,53-55H,1,3,6,8-10,13-14,18-19,21,26-27,32H2. The minimum atomic E-state index is 0.399. The van der Waals surface area contributed by atoms with Crippen molar-refractivity contribution in [3.05, 3.63) is 168 Å². The average Bonchev–Trinajstić information content (AvgIpc) is 3.61. The highest BCUT2D eigenvalue weighted by Gasteiger charge is 2.48. The summed E-state index contributed by atoms with van der Waals surface area (Å²) in [5.41, 5.74) is 15.0. The van der Waals surface area contributed by atoms with E-state index in [1.54, 1.807) is 11.1 Å². The largest absolute Gasteiger partial charge is 0.361 e. The van der Waals surface area contributed by atoms with Crippen LogP contribution in [-0.4, -0.2) is 12.1 Å². The van der Waals surface area contributed by atoms with Gasteiger partial charge in [0.25, 0.3) is 0 Å². The van der Waals surface area contributed by atoms with Crippen LogP contribution in [0.1, 0.15) is 101 Å². The van der Waals surface area contributed by atoms with Crippen LogP contribution in [0.4, 0.5) is 11.4 Å². The van der Waals surface area contributed by atoms with Crippen LogP contribution in [0.25, 0.3) is 22.3 Å². The van der Waals surface area contributed by atoms with Gasteiger partial charge in [0.2, 0.25) is 0 Å². The molecule has 6 atom stereocenters. The molecule has 1 saturated carbocycles. The highest BCUT2D eigenvalue weighted by atomic mass is 15.2. The van der Waals surface area contributed by atoms with Gasteiger partial charge in [-0.3, -0.25) is 0 Å². The zero-order valence-corrected chi connectivity index (χ0v) is 33.1. The van der Waals surface area contributed by atoms with Gasteiger partial charge in [-0.25, -0.2) is 0 Å². The third-order valence-electron chi connectivity index (χ3n) is 14.2. The van der Waals surface area contributed by atoms with E-state index in [2.05, 4.69) is 150 Å². The van der Waals surface area contributed by atoms with Gasteiger partial charge in [-0.1, -0.05) is 128 Å². The first-order valence-corrected chi connectivity index (χ1v) is 22.1. The molecule has 10 rings (SSSR count). The molecule has 3 aromatic carbocycles. The summed E-state index contributed by atoms with van der Waals surface area (Å²) in [5, 5.41) is 4.09. The van der Waals surface area contributed by atoms with Gasteiger partial charge in [-0.2, -0.15) is 0 Å². The van der Waals surface area contributed by atoms with Crippen molar-refractivity contribution < 1.29 is 0 Å². The van der Waals surface area contributed by atoms with Crippen molar-refractivity contribution in [2.24, 2.45) is 23.7 Å². The van der Waals surface area contributed by atoms with Gasteiger partial charge < -0.3 is 10.2 Å². The summed E-state index contributed by atoms with van der Waals surface area (Å²) in [6.45, 7) is 0. The summed E-state index contributed by atoms with van der Waals surface area (Å²) in [6, 6.07) is 28.6. The molecule has 3 aromatic rings. The summed E-state index contributed by atoms with van der Waals surface area (Å²) in [6.07, 6.45) is 44.8. The summed E-state index contributed by atoms with van der Waals surface area (Å²) in [5.74, 6) is 2.49. The van der Waals surface area contributed by atoms with Crippen molar-refractivity contribution in [3.8, 4) is 11.1 Å². The van der Waals surface area contributed by atoms with Gasteiger partial charge in [0, 0.05) is 34.6 Å². The Morgan fingerprint density at radius 2 is 1.55 bits per heavy atom. The molecule has 0 radical (unpaired) electrons. The SMILES string of the molecule is C1=CC(c2cccc(N3C4C=CC(c5ccc(-c6ccccc6)c(NC6=CC(C7CC=CCC7)CC(C7=CCCCC7)=C6)c5)=CC4C4CCCCC43)c2)=CCC1. The van der Waals surface area contributed by atoms with Gasteiger partial charge in [0.15, 0.2) is 0 Å². The number of nitrogens with zero attached hydrogens (tertiary/aromatic N) is 1. The fourth-order valence-electron chi connectivity index (χ4n) is 11.4. The molecule has 56 heavy (non-hydrogen) atoms. The summed E-state index contributed by atoms with van der Waals surface area (Å²) in [4.78, 5) is 2.82. The molecular weight excluding hydrogens is 677 g/mol.